The van der Waals surface area contributed by atoms with Crippen LogP contribution < -0.4 is 5.73 Å². The highest BCUT2D eigenvalue weighted by atomic mass is 15.2. The number of nitrogens with zero attached hydrogens (tertiary/aromatic N) is 2. The van der Waals surface area contributed by atoms with Crippen LogP contribution in [0.2, 0.25) is 0 Å². The molecule has 2 rings (SSSR count). The molecule has 2 N–H and O–H groups in total. The first-order valence-electron chi connectivity index (χ1n) is 6.81. The third-order valence-electron chi connectivity index (χ3n) is 4.19. The first-order chi connectivity index (χ1) is 8.56. The molecule has 0 bridgehead atoms. The summed E-state index contributed by atoms with van der Waals surface area (Å²) in [6.45, 7) is 4.51. The average Bonchev–Trinajstić information content (AvgIpc) is 2.32. The Balaban J connectivity index is 1.94. The van der Waals surface area contributed by atoms with E-state index in [1.165, 1.54) is 24.9 Å². The molecule has 0 spiro atoms. The smallest absolute Gasteiger partial charge is 0.0317 e. The van der Waals surface area contributed by atoms with E-state index in [0.717, 1.165) is 12.2 Å². The molecule has 1 heterocycles. The third kappa shape index (κ3) is 3.24. The van der Waals surface area contributed by atoms with Crippen LogP contribution in [0.1, 0.15) is 25.3 Å². The summed E-state index contributed by atoms with van der Waals surface area (Å²) < 4.78 is 0. The average molecular weight is 247 g/mol. The van der Waals surface area contributed by atoms with Gasteiger partial charge >= 0.3 is 0 Å². The number of nitrogen functional groups attached to an aromatic ring is 1. The van der Waals surface area contributed by atoms with Gasteiger partial charge in [-0.1, -0.05) is 12.1 Å². The normalized spacial score (nSPS) is 25.6. The van der Waals surface area contributed by atoms with E-state index in [4.69, 9.17) is 5.73 Å². The molecule has 1 aliphatic heterocycles. The van der Waals surface area contributed by atoms with Crippen molar-refractivity contribution in [2.24, 2.45) is 0 Å². The Morgan fingerprint density at radius 1 is 1.44 bits per heavy atom. The summed E-state index contributed by atoms with van der Waals surface area (Å²) in [5.41, 5.74) is 8.00. The van der Waals surface area contributed by atoms with Crippen molar-refractivity contribution in [1.82, 2.24) is 9.80 Å². The fourth-order valence-electron chi connectivity index (χ4n) is 2.77. The predicted octanol–water partition coefficient (Wildman–Crippen LogP) is 2.18. The van der Waals surface area contributed by atoms with Crippen LogP contribution in [-0.2, 0) is 6.54 Å². The van der Waals surface area contributed by atoms with Crippen LogP contribution in [0.25, 0.3) is 0 Å². The summed E-state index contributed by atoms with van der Waals surface area (Å²) in [4.78, 5) is 4.92. The van der Waals surface area contributed by atoms with Crippen LogP contribution in [-0.4, -0.2) is 42.5 Å². The van der Waals surface area contributed by atoms with Crippen LogP contribution in [0.3, 0.4) is 0 Å². The second-order valence-corrected chi connectivity index (χ2v) is 5.67. The maximum absolute atomic E-state index is 5.83. The number of benzene rings is 1. The topological polar surface area (TPSA) is 32.5 Å². The minimum absolute atomic E-state index is 0.687. The van der Waals surface area contributed by atoms with Gasteiger partial charge in [0.15, 0.2) is 0 Å². The van der Waals surface area contributed by atoms with Crippen molar-refractivity contribution < 1.29 is 0 Å². The molecule has 100 valence electrons. The van der Waals surface area contributed by atoms with E-state index in [1.54, 1.807) is 0 Å². The molecule has 3 heteroatoms. The molecule has 2 atom stereocenters. The van der Waals surface area contributed by atoms with Crippen LogP contribution in [0.5, 0.6) is 0 Å². The second-order valence-electron chi connectivity index (χ2n) is 5.67. The summed E-state index contributed by atoms with van der Waals surface area (Å²) in [7, 11) is 4.45. The van der Waals surface area contributed by atoms with Gasteiger partial charge in [-0.3, -0.25) is 4.90 Å². The Bertz CT molecular complexity index is 391. The second kappa shape index (κ2) is 5.72. The Kier molecular flexibility index (Phi) is 4.25. The Hall–Kier alpha value is -1.06. The summed E-state index contributed by atoms with van der Waals surface area (Å²) in [6, 6.07) is 9.60. The molecule has 0 amide bonds. The first kappa shape index (κ1) is 13.4. The van der Waals surface area contributed by atoms with Gasteiger partial charge in [0, 0.05) is 24.3 Å². The van der Waals surface area contributed by atoms with Crippen molar-refractivity contribution in [2.45, 2.75) is 38.4 Å². The van der Waals surface area contributed by atoms with Crippen molar-refractivity contribution in [3.63, 3.8) is 0 Å². The molecule has 0 aromatic heterocycles. The van der Waals surface area contributed by atoms with Crippen LogP contribution in [0.4, 0.5) is 5.69 Å². The number of hydrogen-bond acceptors (Lipinski definition) is 3. The fourth-order valence-corrected chi connectivity index (χ4v) is 2.77. The molecule has 2 unspecified atom stereocenters. The highest BCUT2D eigenvalue weighted by Gasteiger charge is 2.25. The molecule has 1 aliphatic rings. The lowest BCUT2D eigenvalue weighted by Crippen LogP contribution is -2.45. The Morgan fingerprint density at radius 3 is 2.89 bits per heavy atom. The van der Waals surface area contributed by atoms with Gasteiger partial charge in [0.25, 0.3) is 0 Å². The van der Waals surface area contributed by atoms with Crippen molar-refractivity contribution in [3.05, 3.63) is 29.8 Å². The molecule has 1 aromatic carbocycles. The van der Waals surface area contributed by atoms with Crippen LogP contribution >= 0.6 is 0 Å². The van der Waals surface area contributed by atoms with E-state index in [9.17, 15) is 0 Å². The highest BCUT2D eigenvalue weighted by Crippen LogP contribution is 2.21. The number of rotatable bonds is 3. The molecular formula is C15H25N3. The quantitative estimate of drug-likeness (QED) is 0.831. The molecule has 1 fully saturated rings. The van der Waals surface area contributed by atoms with Crippen molar-refractivity contribution in [2.75, 3.05) is 26.4 Å². The monoisotopic (exact) mass is 247 g/mol. The number of piperidine rings is 1. The largest absolute Gasteiger partial charge is 0.399 e. The van der Waals surface area contributed by atoms with E-state index in [1.807, 2.05) is 12.1 Å². The zero-order valence-corrected chi connectivity index (χ0v) is 11.8. The number of hydrogen-bond donors (Lipinski definition) is 1. The number of likely N-dealkylation sites (tertiary alicyclic amines) is 1. The van der Waals surface area contributed by atoms with E-state index in [2.05, 4.69) is 43.0 Å². The maximum atomic E-state index is 5.83. The van der Waals surface area contributed by atoms with E-state index >= 15 is 0 Å². The molecule has 0 radical (unpaired) electrons. The highest BCUT2D eigenvalue weighted by molar-refractivity contribution is 5.40. The summed E-state index contributed by atoms with van der Waals surface area (Å²) in [5.74, 6) is 0. The Morgan fingerprint density at radius 2 is 2.22 bits per heavy atom. The molecule has 3 nitrogen and oxygen atoms in total. The van der Waals surface area contributed by atoms with Gasteiger partial charge in [0.1, 0.15) is 0 Å². The van der Waals surface area contributed by atoms with Gasteiger partial charge in [-0.2, -0.15) is 0 Å². The molecular weight excluding hydrogens is 222 g/mol. The van der Waals surface area contributed by atoms with Crippen LogP contribution in [0.15, 0.2) is 24.3 Å². The molecule has 0 saturated carbocycles. The fraction of sp³-hybridized carbons (Fsp3) is 0.600. The zero-order chi connectivity index (χ0) is 13.1. The van der Waals surface area contributed by atoms with E-state index in [0.29, 0.717) is 12.1 Å². The Labute approximate surface area is 111 Å². The van der Waals surface area contributed by atoms with Gasteiger partial charge in [0.05, 0.1) is 0 Å². The molecule has 18 heavy (non-hydrogen) atoms. The zero-order valence-electron chi connectivity index (χ0n) is 11.8. The molecule has 1 saturated heterocycles. The van der Waals surface area contributed by atoms with Gasteiger partial charge in [0.2, 0.25) is 0 Å². The van der Waals surface area contributed by atoms with E-state index < -0.39 is 0 Å². The van der Waals surface area contributed by atoms with Crippen molar-refractivity contribution in [3.8, 4) is 0 Å². The minimum Gasteiger partial charge on any atom is -0.399 e. The van der Waals surface area contributed by atoms with Crippen molar-refractivity contribution >= 4 is 5.69 Å². The lowest BCUT2D eigenvalue weighted by atomic mass is 9.97. The molecule has 1 aromatic rings. The summed E-state index contributed by atoms with van der Waals surface area (Å²) >= 11 is 0. The first-order valence-corrected chi connectivity index (χ1v) is 6.81. The van der Waals surface area contributed by atoms with Gasteiger partial charge in [-0.25, -0.2) is 0 Å². The standard InChI is InChI=1S/C15H25N3/c1-12-9-15(7-8-17(12)2)18(3)11-13-5-4-6-14(16)10-13/h4-6,10,12,15H,7-9,11,16H2,1-3H3. The van der Waals surface area contributed by atoms with Gasteiger partial charge in [-0.15, -0.1) is 0 Å². The SMILES string of the molecule is CC1CC(N(C)Cc2cccc(N)c2)CCN1C. The lowest BCUT2D eigenvalue weighted by molar-refractivity contribution is 0.101. The number of nitrogens with two attached hydrogens (primary N) is 1. The maximum Gasteiger partial charge on any atom is 0.0317 e. The van der Waals surface area contributed by atoms with Gasteiger partial charge in [-0.05, 0) is 58.1 Å². The predicted molar refractivity (Wildman–Crippen MR) is 77.4 cm³/mol. The van der Waals surface area contributed by atoms with Crippen molar-refractivity contribution in [1.29, 1.82) is 0 Å². The van der Waals surface area contributed by atoms with Crippen LogP contribution in [0, 0.1) is 0 Å². The minimum atomic E-state index is 0.687. The number of anilines is 1. The summed E-state index contributed by atoms with van der Waals surface area (Å²) in [6.07, 6.45) is 2.52. The molecule has 0 aliphatic carbocycles. The van der Waals surface area contributed by atoms with E-state index in [-0.39, 0.29) is 0 Å². The summed E-state index contributed by atoms with van der Waals surface area (Å²) in [5, 5.41) is 0. The third-order valence-corrected chi connectivity index (χ3v) is 4.19. The lowest BCUT2D eigenvalue weighted by Gasteiger charge is -2.39. The van der Waals surface area contributed by atoms with Gasteiger partial charge < -0.3 is 10.6 Å².